The molecule has 12 heavy (non-hydrogen) atoms. The molecule has 0 spiro atoms. The Morgan fingerprint density at radius 3 is 2.83 bits per heavy atom. The summed E-state index contributed by atoms with van der Waals surface area (Å²) in [5, 5.41) is 0. The van der Waals surface area contributed by atoms with E-state index in [1.807, 2.05) is 6.92 Å². The summed E-state index contributed by atoms with van der Waals surface area (Å²) in [7, 11) is 0. The normalized spacial score (nSPS) is 22.3. The van der Waals surface area contributed by atoms with Gasteiger partial charge in [-0.2, -0.15) is 0 Å². The molecule has 3 nitrogen and oxygen atoms in total. The van der Waals surface area contributed by atoms with Gasteiger partial charge in [0, 0.05) is 19.3 Å². The molecule has 1 aliphatic carbocycles. The zero-order chi connectivity index (χ0) is 9.14. The number of ketones is 1. The molecular weight excluding hydrogens is 156 g/mol. The molecule has 1 atom stereocenters. The topological polar surface area (TPSA) is 43.4 Å². The summed E-state index contributed by atoms with van der Waals surface area (Å²) in [6.45, 7) is 3.60. The predicted octanol–water partition coefficient (Wildman–Crippen LogP) is 1.08. The Bertz CT molecular complexity index is 240. The number of allylic oxidation sites excluding steroid dienone is 1. The molecule has 66 valence electrons. The Morgan fingerprint density at radius 2 is 2.42 bits per heavy atom. The van der Waals surface area contributed by atoms with Gasteiger partial charge in [-0.05, 0) is 13.0 Å². The molecule has 0 saturated carbocycles. The highest BCUT2D eigenvalue weighted by Gasteiger charge is 2.22. The minimum atomic E-state index is -0.290. The summed E-state index contributed by atoms with van der Waals surface area (Å²) in [6, 6.07) is 0. The fourth-order valence-electron chi connectivity index (χ4n) is 1.24. The Labute approximate surface area is 71.4 Å². The molecule has 0 aliphatic heterocycles. The van der Waals surface area contributed by atoms with Gasteiger partial charge < -0.3 is 4.74 Å². The molecule has 0 aromatic rings. The first-order valence-corrected chi connectivity index (χ1v) is 3.94. The molecule has 0 radical (unpaired) electrons. The van der Waals surface area contributed by atoms with Crippen LogP contribution in [0.1, 0.15) is 20.3 Å². The molecular formula is C9H12O3. The van der Waals surface area contributed by atoms with Gasteiger partial charge in [0.2, 0.25) is 0 Å². The SMILES string of the molecule is CC(=O)OCC1CC(=O)C=C1C. The van der Waals surface area contributed by atoms with Gasteiger partial charge in [0.15, 0.2) is 5.78 Å². The van der Waals surface area contributed by atoms with Crippen molar-refractivity contribution in [3.8, 4) is 0 Å². The lowest BCUT2D eigenvalue weighted by Crippen LogP contribution is -2.11. The fourth-order valence-corrected chi connectivity index (χ4v) is 1.24. The first kappa shape index (κ1) is 8.97. The highest BCUT2D eigenvalue weighted by Crippen LogP contribution is 2.22. The molecule has 0 fully saturated rings. The van der Waals surface area contributed by atoms with E-state index < -0.39 is 0 Å². The van der Waals surface area contributed by atoms with Crippen LogP contribution in [0, 0.1) is 5.92 Å². The van der Waals surface area contributed by atoms with Crippen LogP contribution in [0.5, 0.6) is 0 Å². The minimum absolute atomic E-state index is 0.112. The average Bonchev–Trinajstić information content (AvgIpc) is 2.26. The number of carbonyl (C=O) groups is 2. The van der Waals surface area contributed by atoms with E-state index in [1.165, 1.54) is 6.92 Å². The van der Waals surface area contributed by atoms with E-state index in [0.29, 0.717) is 13.0 Å². The first-order chi connectivity index (χ1) is 5.59. The van der Waals surface area contributed by atoms with Crippen molar-refractivity contribution in [1.29, 1.82) is 0 Å². The predicted molar refractivity (Wildman–Crippen MR) is 43.5 cm³/mol. The quantitative estimate of drug-likeness (QED) is 0.579. The molecule has 1 aliphatic rings. The highest BCUT2D eigenvalue weighted by atomic mass is 16.5. The summed E-state index contributed by atoms with van der Waals surface area (Å²) < 4.78 is 4.81. The van der Waals surface area contributed by atoms with Gasteiger partial charge in [0.25, 0.3) is 0 Å². The van der Waals surface area contributed by atoms with Crippen molar-refractivity contribution in [3.05, 3.63) is 11.6 Å². The second kappa shape index (κ2) is 3.52. The molecule has 0 bridgehead atoms. The van der Waals surface area contributed by atoms with Crippen LogP contribution in [0.25, 0.3) is 0 Å². The number of hydrogen-bond donors (Lipinski definition) is 0. The lowest BCUT2D eigenvalue weighted by molar-refractivity contribution is -0.142. The van der Waals surface area contributed by atoms with Crippen LogP contribution in [0.4, 0.5) is 0 Å². The van der Waals surface area contributed by atoms with Crippen molar-refractivity contribution >= 4 is 11.8 Å². The summed E-state index contributed by atoms with van der Waals surface area (Å²) in [6.07, 6.45) is 2.10. The first-order valence-electron chi connectivity index (χ1n) is 3.94. The molecule has 0 amide bonds. The largest absolute Gasteiger partial charge is 0.465 e. The Kier molecular flexibility index (Phi) is 2.63. The van der Waals surface area contributed by atoms with E-state index in [4.69, 9.17) is 4.74 Å². The van der Waals surface area contributed by atoms with Crippen molar-refractivity contribution < 1.29 is 14.3 Å². The molecule has 0 saturated heterocycles. The average molecular weight is 168 g/mol. The Balaban J connectivity index is 2.40. The van der Waals surface area contributed by atoms with Gasteiger partial charge in [0.1, 0.15) is 0 Å². The second-order valence-electron chi connectivity index (χ2n) is 3.06. The summed E-state index contributed by atoms with van der Waals surface area (Å²) >= 11 is 0. The number of carbonyl (C=O) groups excluding carboxylic acids is 2. The van der Waals surface area contributed by atoms with Gasteiger partial charge in [-0.25, -0.2) is 0 Å². The van der Waals surface area contributed by atoms with Gasteiger partial charge >= 0.3 is 5.97 Å². The van der Waals surface area contributed by atoms with Crippen LogP contribution in [0.15, 0.2) is 11.6 Å². The number of ether oxygens (including phenoxy) is 1. The smallest absolute Gasteiger partial charge is 0.302 e. The maximum atomic E-state index is 10.9. The third-order valence-corrected chi connectivity index (χ3v) is 1.97. The van der Waals surface area contributed by atoms with Gasteiger partial charge in [-0.15, -0.1) is 0 Å². The lowest BCUT2D eigenvalue weighted by atomic mass is 10.0. The van der Waals surface area contributed by atoms with Crippen molar-refractivity contribution in [3.63, 3.8) is 0 Å². The van der Waals surface area contributed by atoms with Crippen molar-refractivity contribution in [2.24, 2.45) is 5.92 Å². The van der Waals surface area contributed by atoms with Gasteiger partial charge in [-0.1, -0.05) is 5.57 Å². The molecule has 3 heteroatoms. The summed E-state index contributed by atoms with van der Waals surface area (Å²) in [5.41, 5.74) is 1.02. The van der Waals surface area contributed by atoms with Crippen LogP contribution >= 0.6 is 0 Å². The van der Waals surface area contributed by atoms with E-state index in [1.54, 1.807) is 6.08 Å². The molecule has 0 aromatic carbocycles. The van der Waals surface area contributed by atoms with Crippen LogP contribution in [-0.4, -0.2) is 18.4 Å². The zero-order valence-electron chi connectivity index (χ0n) is 7.29. The maximum absolute atomic E-state index is 10.9. The standard InChI is InChI=1S/C9H12O3/c1-6-3-9(11)4-8(6)5-12-7(2)10/h3,8H,4-5H2,1-2H3. The van der Waals surface area contributed by atoms with E-state index in [9.17, 15) is 9.59 Å². The van der Waals surface area contributed by atoms with Crippen LogP contribution in [-0.2, 0) is 14.3 Å². The molecule has 0 aromatic heterocycles. The third kappa shape index (κ3) is 2.19. The van der Waals surface area contributed by atoms with Gasteiger partial charge in [0.05, 0.1) is 6.61 Å². The Hall–Kier alpha value is -1.12. The maximum Gasteiger partial charge on any atom is 0.302 e. The van der Waals surface area contributed by atoms with Crippen LogP contribution in [0.3, 0.4) is 0 Å². The number of rotatable bonds is 2. The zero-order valence-corrected chi connectivity index (χ0v) is 7.29. The van der Waals surface area contributed by atoms with Crippen LogP contribution in [0.2, 0.25) is 0 Å². The molecule has 0 N–H and O–H groups in total. The van der Waals surface area contributed by atoms with E-state index >= 15 is 0 Å². The van der Waals surface area contributed by atoms with Crippen molar-refractivity contribution in [2.75, 3.05) is 6.61 Å². The fraction of sp³-hybridized carbons (Fsp3) is 0.556. The highest BCUT2D eigenvalue weighted by molar-refractivity contribution is 5.93. The van der Waals surface area contributed by atoms with Crippen molar-refractivity contribution in [2.45, 2.75) is 20.3 Å². The number of esters is 1. The van der Waals surface area contributed by atoms with Gasteiger partial charge in [-0.3, -0.25) is 9.59 Å². The van der Waals surface area contributed by atoms with Crippen molar-refractivity contribution in [1.82, 2.24) is 0 Å². The minimum Gasteiger partial charge on any atom is -0.465 e. The molecule has 1 unspecified atom stereocenters. The van der Waals surface area contributed by atoms with E-state index in [-0.39, 0.29) is 17.7 Å². The summed E-state index contributed by atoms with van der Waals surface area (Å²) in [4.78, 5) is 21.4. The number of hydrogen-bond acceptors (Lipinski definition) is 3. The second-order valence-corrected chi connectivity index (χ2v) is 3.06. The summed E-state index contributed by atoms with van der Waals surface area (Å²) in [5.74, 6) is -0.0480. The monoisotopic (exact) mass is 168 g/mol. The molecule has 1 rings (SSSR count). The Morgan fingerprint density at radius 1 is 1.75 bits per heavy atom. The molecule has 0 heterocycles. The van der Waals surface area contributed by atoms with E-state index in [0.717, 1.165) is 5.57 Å². The lowest BCUT2D eigenvalue weighted by Gasteiger charge is -2.09. The van der Waals surface area contributed by atoms with Crippen LogP contribution < -0.4 is 0 Å². The third-order valence-electron chi connectivity index (χ3n) is 1.97. The van der Waals surface area contributed by atoms with E-state index in [2.05, 4.69) is 0 Å².